The van der Waals surface area contributed by atoms with Gasteiger partial charge in [-0.15, -0.1) is 0 Å². The maximum absolute atomic E-state index is 10.2. The van der Waals surface area contributed by atoms with Crippen LogP contribution in [0.5, 0.6) is 0 Å². The molecule has 0 bridgehead atoms. The Hall–Kier alpha value is -0.0800. The number of nitrogens with two attached hydrogens (primary N) is 1. The number of hydrogen-bond acceptors (Lipinski definition) is 2. The van der Waals surface area contributed by atoms with E-state index in [1.165, 1.54) is 25.7 Å². The van der Waals surface area contributed by atoms with Gasteiger partial charge in [-0.05, 0) is 31.1 Å². The van der Waals surface area contributed by atoms with Gasteiger partial charge in [-0.25, -0.2) is 0 Å². The third-order valence-electron chi connectivity index (χ3n) is 4.32. The summed E-state index contributed by atoms with van der Waals surface area (Å²) < 4.78 is 0. The number of rotatable bonds is 3. The molecule has 13 heavy (non-hydrogen) atoms. The average molecular weight is 183 g/mol. The first-order valence-electron chi connectivity index (χ1n) is 5.59. The Morgan fingerprint density at radius 3 is 2.38 bits per heavy atom. The van der Waals surface area contributed by atoms with Gasteiger partial charge >= 0.3 is 0 Å². The molecule has 0 aromatic rings. The molecule has 0 aromatic carbocycles. The lowest BCUT2D eigenvalue weighted by molar-refractivity contribution is 0.0361. The van der Waals surface area contributed by atoms with Crippen LogP contribution in [0.3, 0.4) is 0 Å². The summed E-state index contributed by atoms with van der Waals surface area (Å²) in [6, 6.07) is 0. The average Bonchev–Trinajstić information content (AvgIpc) is 2.62. The zero-order valence-corrected chi connectivity index (χ0v) is 8.50. The topological polar surface area (TPSA) is 46.2 Å². The van der Waals surface area contributed by atoms with E-state index in [1.54, 1.807) is 0 Å². The van der Waals surface area contributed by atoms with Crippen LogP contribution in [0.15, 0.2) is 0 Å². The predicted molar refractivity (Wildman–Crippen MR) is 53.2 cm³/mol. The van der Waals surface area contributed by atoms with Crippen molar-refractivity contribution in [2.45, 2.75) is 45.1 Å². The van der Waals surface area contributed by atoms with Crippen LogP contribution < -0.4 is 5.73 Å². The summed E-state index contributed by atoms with van der Waals surface area (Å²) in [5, 5.41) is 10.2. The summed E-state index contributed by atoms with van der Waals surface area (Å²) in [5.41, 5.74) is 5.87. The Morgan fingerprint density at radius 1 is 1.46 bits per heavy atom. The maximum atomic E-state index is 10.2. The summed E-state index contributed by atoms with van der Waals surface area (Å²) in [6.07, 6.45) is 6.06. The highest BCUT2D eigenvalue weighted by molar-refractivity contribution is 5.07. The van der Waals surface area contributed by atoms with Gasteiger partial charge < -0.3 is 10.8 Å². The fourth-order valence-corrected chi connectivity index (χ4v) is 3.07. The first-order valence-corrected chi connectivity index (χ1v) is 5.59. The predicted octanol–water partition coefficient (Wildman–Crippen LogP) is 1.52. The second kappa shape index (κ2) is 3.25. The molecule has 2 saturated carbocycles. The largest absolute Gasteiger partial charge is 0.392 e. The van der Waals surface area contributed by atoms with E-state index in [4.69, 9.17) is 5.73 Å². The van der Waals surface area contributed by atoms with Crippen molar-refractivity contribution in [3.8, 4) is 0 Å². The SMILES string of the molecule is C[C@H]1C[C@]1(CN)[C@@H](O)C1CCCC1. The molecule has 0 unspecified atom stereocenters. The fraction of sp³-hybridized carbons (Fsp3) is 1.00. The minimum absolute atomic E-state index is 0.106. The number of hydrogen-bond donors (Lipinski definition) is 2. The summed E-state index contributed by atoms with van der Waals surface area (Å²) in [6.45, 7) is 2.89. The minimum atomic E-state index is -0.116. The van der Waals surface area contributed by atoms with Gasteiger partial charge in [-0.1, -0.05) is 19.8 Å². The van der Waals surface area contributed by atoms with Gasteiger partial charge in [-0.3, -0.25) is 0 Å². The Morgan fingerprint density at radius 2 is 2.00 bits per heavy atom. The Kier molecular flexibility index (Phi) is 2.37. The Bertz CT molecular complexity index is 185. The maximum Gasteiger partial charge on any atom is 0.0639 e. The standard InChI is InChI=1S/C11H21NO/c1-8-6-11(8,7-12)10(13)9-4-2-3-5-9/h8-10,13H,2-7,12H2,1H3/t8-,10-,11+/m0/s1. The molecule has 0 saturated heterocycles. The normalized spacial score (nSPS) is 42.2. The van der Waals surface area contributed by atoms with Gasteiger partial charge in [0.05, 0.1) is 6.10 Å². The molecule has 2 rings (SSSR count). The molecule has 0 aromatic heterocycles. The van der Waals surface area contributed by atoms with Crippen molar-refractivity contribution in [1.29, 1.82) is 0 Å². The quantitative estimate of drug-likeness (QED) is 0.697. The zero-order chi connectivity index (χ0) is 9.47. The van der Waals surface area contributed by atoms with Crippen molar-refractivity contribution in [1.82, 2.24) is 0 Å². The molecule has 0 aliphatic heterocycles. The molecule has 76 valence electrons. The molecule has 2 aliphatic rings. The third kappa shape index (κ3) is 1.40. The number of aliphatic hydroxyl groups excluding tert-OH is 1. The van der Waals surface area contributed by atoms with Crippen molar-refractivity contribution in [3.63, 3.8) is 0 Å². The third-order valence-corrected chi connectivity index (χ3v) is 4.32. The molecule has 0 amide bonds. The Labute approximate surface area is 80.5 Å². The molecule has 2 nitrogen and oxygen atoms in total. The van der Waals surface area contributed by atoms with Gasteiger partial charge in [0.15, 0.2) is 0 Å². The van der Waals surface area contributed by atoms with Gasteiger partial charge in [0.2, 0.25) is 0 Å². The second-order valence-corrected chi connectivity index (χ2v) is 5.03. The smallest absolute Gasteiger partial charge is 0.0639 e. The molecular formula is C11H21NO. The highest BCUT2D eigenvalue weighted by atomic mass is 16.3. The molecule has 2 aliphatic carbocycles. The van der Waals surface area contributed by atoms with Crippen LogP contribution >= 0.6 is 0 Å². The molecule has 0 spiro atoms. The highest BCUT2D eigenvalue weighted by Gasteiger charge is 2.56. The first-order chi connectivity index (χ1) is 6.20. The van der Waals surface area contributed by atoms with Crippen LogP contribution in [0, 0.1) is 17.3 Å². The van der Waals surface area contributed by atoms with E-state index in [9.17, 15) is 5.11 Å². The zero-order valence-electron chi connectivity index (χ0n) is 8.50. The van der Waals surface area contributed by atoms with Crippen molar-refractivity contribution in [2.24, 2.45) is 23.0 Å². The molecule has 2 fully saturated rings. The van der Waals surface area contributed by atoms with E-state index in [2.05, 4.69) is 6.92 Å². The second-order valence-electron chi connectivity index (χ2n) is 5.03. The summed E-state index contributed by atoms with van der Waals surface area (Å²) in [5.74, 6) is 1.20. The minimum Gasteiger partial charge on any atom is -0.392 e. The molecule has 0 heterocycles. The van der Waals surface area contributed by atoms with E-state index < -0.39 is 0 Å². The van der Waals surface area contributed by atoms with Crippen LogP contribution in [0.1, 0.15) is 39.0 Å². The van der Waals surface area contributed by atoms with Gasteiger partial charge in [-0.2, -0.15) is 0 Å². The Balaban J connectivity index is 1.99. The van der Waals surface area contributed by atoms with E-state index >= 15 is 0 Å². The van der Waals surface area contributed by atoms with E-state index in [-0.39, 0.29) is 11.5 Å². The first kappa shape index (κ1) is 9.47. The van der Waals surface area contributed by atoms with E-state index in [0.29, 0.717) is 18.4 Å². The molecule has 2 heteroatoms. The van der Waals surface area contributed by atoms with Crippen molar-refractivity contribution >= 4 is 0 Å². The van der Waals surface area contributed by atoms with Crippen LogP contribution in [0.2, 0.25) is 0 Å². The van der Waals surface area contributed by atoms with Crippen LogP contribution in [-0.4, -0.2) is 17.8 Å². The van der Waals surface area contributed by atoms with Gasteiger partial charge in [0.25, 0.3) is 0 Å². The van der Waals surface area contributed by atoms with E-state index in [0.717, 1.165) is 6.42 Å². The number of aliphatic hydroxyl groups is 1. The lowest BCUT2D eigenvalue weighted by Gasteiger charge is -2.27. The fourth-order valence-electron chi connectivity index (χ4n) is 3.07. The van der Waals surface area contributed by atoms with Crippen LogP contribution in [0.25, 0.3) is 0 Å². The van der Waals surface area contributed by atoms with Crippen molar-refractivity contribution in [2.75, 3.05) is 6.54 Å². The van der Waals surface area contributed by atoms with Crippen molar-refractivity contribution < 1.29 is 5.11 Å². The molecular weight excluding hydrogens is 162 g/mol. The lowest BCUT2D eigenvalue weighted by atomic mass is 9.85. The summed E-state index contributed by atoms with van der Waals surface area (Å²) in [7, 11) is 0. The van der Waals surface area contributed by atoms with Crippen molar-refractivity contribution in [3.05, 3.63) is 0 Å². The molecule has 3 atom stereocenters. The van der Waals surface area contributed by atoms with Gasteiger partial charge in [0.1, 0.15) is 0 Å². The summed E-state index contributed by atoms with van der Waals surface area (Å²) >= 11 is 0. The lowest BCUT2D eigenvalue weighted by Crippen LogP contribution is -2.36. The van der Waals surface area contributed by atoms with Gasteiger partial charge in [0, 0.05) is 12.0 Å². The monoisotopic (exact) mass is 183 g/mol. The van der Waals surface area contributed by atoms with E-state index in [1.807, 2.05) is 0 Å². The van der Waals surface area contributed by atoms with Crippen LogP contribution in [0.4, 0.5) is 0 Å². The molecule has 3 N–H and O–H groups in total. The highest BCUT2D eigenvalue weighted by Crippen LogP contribution is 2.57. The summed E-state index contributed by atoms with van der Waals surface area (Å²) in [4.78, 5) is 0. The molecule has 0 radical (unpaired) electrons. The van der Waals surface area contributed by atoms with Crippen LogP contribution in [-0.2, 0) is 0 Å².